The van der Waals surface area contributed by atoms with E-state index >= 15 is 0 Å². The van der Waals surface area contributed by atoms with Gasteiger partial charge in [0.1, 0.15) is 5.82 Å². The molecule has 2 heterocycles. The minimum Gasteiger partial charge on any atom is -0.371 e. The van der Waals surface area contributed by atoms with E-state index in [9.17, 15) is 17.6 Å². The van der Waals surface area contributed by atoms with Crippen LogP contribution in [-0.4, -0.2) is 40.5 Å². The molecule has 0 saturated carbocycles. The van der Waals surface area contributed by atoms with Gasteiger partial charge in [0.2, 0.25) is 0 Å². The van der Waals surface area contributed by atoms with E-state index in [1.807, 2.05) is 24.3 Å². The van der Waals surface area contributed by atoms with Crippen molar-refractivity contribution >= 4 is 27.3 Å². The summed E-state index contributed by atoms with van der Waals surface area (Å²) in [5, 5.41) is 2.95. The topological polar surface area (TPSA) is 69.7 Å². The lowest BCUT2D eigenvalue weighted by atomic mass is 10.1. The van der Waals surface area contributed by atoms with Crippen LogP contribution in [0.4, 0.5) is 15.8 Å². The summed E-state index contributed by atoms with van der Waals surface area (Å²) in [6.07, 6.45) is 1.59. The van der Waals surface area contributed by atoms with Crippen LogP contribution in [0.1, 0.15) is 22.3 Å². The van der Waals surface area contributed by atoms with Crippen LogP contribution in [0, 0.1) is 11.7 Å². The highest BCUT2D eigenvalue weighted by atomic mass is 32.2. The molecule has 1 amide bonds. The van der Waals surface area contributed by atoms with Crippen molar-refractivity contribution in [3.05, 3.63) is 89.7 Å². The normalized spacial score (nSPS) is 17.6. The predicted molar refractivity (Wildman–Crippen MR) is 130 cm³/mol. The molecule has 1 N–H and O–H groups in total. The Labute approximate surface area is 199 Å². The molecule has 1 fully saturated rings. The van der Waals surface area contributed by atoms with Gasteiger partial charge in [-0.1, -0.05) is 24.3 Å². The second kappa shape index (κ2) is 9.10. The van der Waals surface area contributed by atoms with E-state index < -0.39 is 10.0 Å². The molecule has 1 atom stereocenters. The molecule has 1 unspecified atom stereocenters. The molecule has 0 bridgehead atoms. The first kappa shape index (κ1) is 22.4. The zero-order valence-electron chi connectivity index (χ0n) is 18.7. The van der Waals surface area contributed by atoms with Crippen molar-refractivity contribution in [1.29, 1.82) is 0 Å². The van der Waals surface area contributed by atoms with Crippen LogP contribution >= 0.6 is 0 Å². The number of sulfonamides is 1. The molecule has 2 aliphatic heterocycles. The fourth-order valence-electron chi connectivity index (χ4n) is 4.71. The fourth-order valence-corrected chi connectivity index (χ4v) is 6.26. The number of halogens is 1. The lowest BCUT2D eigenvalue weighted by molar-refractivity contribution is 0.0948. The number of fused-ring (bicyclic) bond motifs is 1. The Morgan fingerprint density at radius 1 is 1.00 bits per heavy atom. The van der Waals surface area contributed by atoms with Gasteiger partial charge in [0.05, 0.1) is 10.6 Å². The smallest absolute Gasteiger partial charge is 0.264 e. The second-order valence-electron chi connectivity index (χ2n) is 8.77. The minimum atomic E-state index is -3.76. The van der Waals surface area contributed by atoms with E-state index in [2.05, 4.69) is 10.2 Å². The van der Waals surface area contributed by atoms with Crippen molar-refractivity contribution in [2.45, 2.75) is 17.7 Å². The van der Waals surface area contributed by atoms with Crippen molar-refractivity contribution < 1.29 is 17.6 Å². The van der Waals surface area contributed by atoms with Gasteiger partial charge in [-0.15, -0.1) is 0 Å². The number of carbonyl (C=O) groups excluding carboxylic acids is 1. The quantitative estimate of drug-likeness (QED) is 0.583. The number of benzene rings is 3. The van der Waals surface area contributed by atoms with Gasteiger partial charge in [0.15, 0.2) is 0 Å². The summed E-state index contributed by atoms with van der Waals surface area (Å²) in [5.74, 6) is -0.286. The largest absolute Gasteiger partial charge is 0.371 e. The van der Waals surface area contributed by atoms with Crippen LogP contribution < -0.4 is 14.5 Å². The Morgan fingerprint density at radius 2 is 1.79 bits per heavy atom. The number of nitrogens with zero attached hydrogens (tertiary/aromatic N) is 2. The summed E-state index contributed by atoms with van der Waals surface area (Å²) in [7, 11) is -3.76. The van der Waals surface area contributed by atoms with Crippen LogP contribution in [0.2, 0.25) is 0 Å². The summed E-state index contributed by atoms with van der Waals surface area (Å²) < 4.78 is 41.2. The monoisotopic (exact) mass is 479 g/mol. The number of hydrogen-bond donors (Lipinski definition) is 1. The Hall–Kier alpha value is -3.39. The Balaban J connectivity index is 1.23. The third-order valence-electron chi connectivity index (χ3n) is 6.56. The lowest BCUT2D eigenvalue weighted by Crippen LogP contribution is -2.32. The maximum absolute atomic E-state index is 13.3. The van der Waals surface area contributed by atoms with Gasteiger partial charge < -0.3 is 10.2 Å². The van der Waals surface area contributed by atoms with Crippen molar-refractivity contribution in [2.24, 2.45) is 5.92 Å². The van der Waals surface area contributed by atoms with Crippen molar-refractivity contribution in [3.8, 4) is 0 Å². The molecular weight excluding hydrogens is 453 g/mol. The molecule has 176 valence electrons. The summed E-state index contributed by atoms with van der Waals surface area (Å²) in [6.45, 7) is 2.50. The number of rotatable bonds is 6. The van der Waals surface area contributed by atoms with E-state index in [1.165, 1.54) is 28.6 Å². The molecule has 8 heteroatoms. The minimum absolute atomic E-state index is 0.111. The van der Waals surface area contributed by atoms with Crippen molar-refractivity contribution in [3.63, 3.8) is 0 Å². The van der Waals surface area contributed by atoms with Gasteiger partial charge in [-0.2, -0.15) is 0 Å². The molecule has 3 aromatic carbocycles. The van der Waals surface area contributed by atoms with Gasteiger partial charge in [-0.3, -0.25) is 9.10 Å². The molecule has 2 aliphatic rings. The number of para-hydroxylation sites is 1. The van der Waals surface area contributed by atoms with Gasteiger partial charge in [0, 0.05) is 37.4 Å². The van der Waals surface area contributed by atoms with E-state index in [0.29, 0.717) is 30.8 Å². The summed E-state index contributed by atoms with van der Waals surface area (Å²) in [4.78, 5) is 15.1. The lowest BCUT2D eigenvalue weighted by Gasteiger charge is -2.20. The summed E-state index contributed by atoms with van der Waals surface area (Å²) in [6, 6.07) is 20.1. The first-order valence-electron chi connectivity index (χ1n) is 11.4. The average molecular weight is 480 g/mol. The van der Waals surface area contributed by atoms with Crippen LogP contribution in [-0.2, 0) is 16.4 Å². The molecule has 5 rings (SSSR count). The number of hydrogen-bond acceptors (Lipinski definition) is 4. The molecule has 0 spiro atoms. The van der Waals surface area contributed by atoms with Gasteiger partial charge >= 0.3 is 0 Å². The van der Waals surface area contributed by atoms with Crippen LogP contribution in [0.15, 0.2) is 77.7 Å². The molecule has 0 aliphatic carbocycles. The maximum Gasteiger partial charge on any atom is 0.264 e. The van der Waals surface area contributed by atoms with Gasteiger partial charge in [-0.05, 0) is 72.9 Å². The number of nitrogens with one attached hydrogen (secondary N) is 1. The third-order valence-corrected chi connectivity index (χ3v) is 8.37. The number of anilines is 2. The Bertz CT molecular complexity index is 1310. The van der Waals surface area contributed by atoms with Crippen LogP contribution in [0.3, 0.4) is 0 Å². The zero-order valence-corrected chi connectivity index (χ0v) is 19.5. The molecule has 1 saturated heterocycles. The number of amides is 1. The Morgan fingerprint density at radius 3 is 2.62 bits per heavy atom. The molecule has 0 radical (unpaired) electrons. The van der Waals surface area contributed by atoms with E-state index in [4.69, 9.17) is 0 Å². The SMILES string of the molecule is O=C(NCC1CCN(c2ccc(F)cc2)C1)c1cccc(S(=O)(=O)N2CCc3ccccc32)c1. The fraction of sp³-hybridized carbons (Fsp3) is 0.269. The van der Waals surface area contributed by atoms with Gasteiger partial charge in [0.25, 0.3) is 15.9 Å². The number of carbonyl (C=O) groups is 1. The van der Waals surface area contributed by atoms with Gasteiger partial charge in [-0.25, -0.2) is 12.8 Å². The first-order chi connectivity index (χ1) is 16.4. The average Bonchev–Trinajstić information content (AvgIpc) is 3.51. The molecular formula is C26H26FN3O3S. The second-order valence-corrected chi connectivity index (χ2v) is 10.6. The third kappa shape index (κ3) is 4.37. The van der Waals surface area contributed by atoms with E-state index in [1.54, 1.807) is 24.3 Å². The standard InChI is InChI=1S/C26H26FN3O3S/c27-22-8-10-23(11-9-22)29-14-12-19(18-29)17-28-26(31)21-5-3-6-24(16-21)34(32,33)30-15-13-20-4-1-2-7-25(20)30/h1-11,16,19H,12-15,17-18H2,(H,28,31). The molecule has 0 aromatic heterocycles. The summed E-state index contributed by atoms with van der Waals surface area (Å²) in [5.41, 5.74) is 2.99. The van der Waals surface area contributed by atoms with Crippen molar-refractivity contribution in [2.75, 3.05) is 35.4 Å². The van der Waals surface area contributed by atoms with Crippen LogP contribution in [0.5, 0.6) is 0 Å². The zero-order chi connectivity index (χ0) is 23.7. The van der Waals surface area contributed by atoms with Crippen molar-refractivity contribution in [1.82, 2.24) is 5.32 Å². The summed E-state index contributed by atoms with van der Waals surface area (Å²) >= 11 is 0. The Kier molecular flexibility index (Phi) is 6.00. The first-order valence-corrected chi connectivity index (χ1v) is 12.9. The molecule has 34 heavy (non-hydrogen) atoms. The maximum atomic E-state index is 13.3. The van der Waals surface area contributed by atoms with E-state index in [-0.39, 0.29) is 22.5 Å². The predicted octanol–water partition coefficient (Wildman–Crippen LogP) is 3.83. The van der Waals surface area contributed by atoms with E-state index in [0.717, 1.165) is 30.8 Å². The van der Waals surface area contributed by atoms with Crippen LogP contribution in [0.25, 0.3) is 0 Å². The molecule has 6 nitrogen and oxygen atoms in total. The highest BCUT2D eigenvalue weighted by Crippen LogP contribution is 2.32. The highest BCUT2D eigenvalue weighted by molar-refractivity contribution is 7.92. The highest BCUT2D eigenvalue weighted by Gasteiger charge is 2.31. The molecule has 3 aromatic rings.